The van der Waals surface area contributed by atoms with Crippen LogP contribution in [-0.4, -0.2) is 39.6 Å². The van der Waals surface area contributed by atoms with Gasteiger partial charge >= 0.3 is 7.82 Å². The first-order valence-electron chi connectivity index (χ1n) is 17.6. The van der Waals surface area contributed by atoms with Crippen LogP contribution >= 0.6 is 7.82 Å². The largest absolute Gasteiger partial charge is 0.469 e. The van der Waals surface area contributed by atoms with E-state index in [1.54, 1.807) is 6.08 Å². The molecular weight excluding hydrogens is 563 g/mol. The molecule has 0 saturated heterocycles. The van der Waals surface area contributed by atoms with Crippen molar-refractivity contribution in [2.24, 2.45) is 0 Å². The van der Waals surface area contributed by atoms with Crippen LogP contribution in [0.25, 0.3) is 0 Å². The number of allylic oxidation sites excluding steroid dienone is 1. The average molecular weight is 635 g/mol. The van der Waals surface area contributed by atoms with Gasteiger partial charge in [-0.3, -0.25) is 9.32 Å². The predicted octanol–water partition coefficient (Wildman–Crippen LogP) is 9.84. The van der Waals surface area contributed by atoms with Crippen molar-refractivity contribution in [1.29, 1.82) is 0 Å². The third-order valence-electron chi connectivity index (χ3n) is 8.00. The van der Waals surface area contributed by atoms with Gasteiger partial charge in [-0.1, -0.05) is 167 Å². The summed E-state index contributed by atoms with van der Waals surface area (Å²) in [5, 5.41) is 13.3. The molecule has 0 radical (unpaired) electrons. The molecule has 0 aromatic rings. The molecule has 258 valence electrons. The molecule has 0 aliphatic heterocycles. The molecule has 0 saturated carbocycles. The van der Waals surface area contributed by atoms with E-state index in [9.17, 15) is 14.5 Å². The summed E-state index contributed by atoms with van der Waals surface area (Å²) < 4.78 is 15.8. The van der Waals surface area contributed by atoms with Gasteiger partial charge in [0.25, 0.3) is 0 Å². The molecule has 0 aromatic heterocycles. The van der Waals surface area contributed by atoms with Gasteiger partial charge < -0.3 is 26.4 Å². The average Bonchev–Trinajstić information content (AvgIpc) is 2.95. The molecule has 0 aliphatic rings. The Hall–Kier alpha value is -0.760. The molecule has 0 aliphatic carbocycles. The number of phosphoric ester groups is 1. The molecule has 0 fully saturated rings. The van der Waals surface area contributed by atoms with E-state index in [-0.39, 0.29) is 12.1 Å². The van der Waals surface area contributed by atoms with E-state index in [0.29, 0.717) is 6.42 Å². The Labute approximate surface area is 265 Å². The van der Waals surface area contributed by atoms with Crippen molar-refractivity contribution in [3.8, 4) is 0 Å². The van der Waals surface area contributed by atoms with Crippen molar-refractivity contribution >= 4 is 13.7 Å². The minimum Gasteiger partial charge on any atom is -0.387 e. The van der Waals surface area contributed by atoms with Crippen LogP contribution in [0.3, 0.4) is 0 Å². The molecule has 0 bridgehead atoms. The highest BCUT2D eigenvalue weighted by Gasteiger charge is 2.24. The number of carbonyl (C=O) groups is 1. The molecule has 1 amide bonds. The summed E-state index contributed by atoms with van der Waals surface area (Å²) in [5.74, 6) is -0.227. The summed E-state index contributed by atoms with van der Waals surface area (Å²) >= 11 is 0. The van der Waals surface area contributed by atoms with E-state index in [1.165, 1.54) is 122 Å². The Bertz CT molecular complexity index is 673. The Morgan fingerprint density at radius 2 is 1.05 bits per heavy atom. The molecule has 0 spiro atoms. The highest BCUT2D eigenvalue weighted by molar-refractivity contribution is 7.46. The normalized spacial score (nSPS) is 13.2. The minimum atomic E-state index is -4.70. The summed E-state index contributed by atoms with van der Waals surface area (Å²) in [4.78, 5) is 30.7. The molecule has 0 unspecified atom stereocenters. The second kappa shape index (κ2) is 32.6. The van der Waals surface area contributed by atoms with Gasteiger partial charge in [0.1, 0.15) is 0 Å². The summed E-state index contributed by atoms with van der Waals surface area (Å²) in [6.45, 7) is 4.05. The van der Waals surface area contributed by atoms with Crippen LogP contribution in [0, 0.1) is 0 Å². The van der Waals surface area contributed by atoms with E-state index in [0.717, 1.165) is 38.5 Å². The number of aliphatic hydroxyl groups excluding tert-OH is 1. The highest BCUT2D eigenvalue weighted by Crippen LogP contribution is 2.35. The number of amides is 1. The van der Waals surface area contributed by atoms with Crippen LogP contribution in [0.2, 0.25) is 0 Å². The number of unbranched alkanes of at least 4 members (excludes halogenated alkanes) is 23. The molecule has 0 rings (SSSR count). The van der Waals surface area contributed by atoms with Crippen LogP contribution in [-0.2, 0) is 13.9 Å². The lowest BCUT2D eigenvalue weighted by Gasteiger charge is -2.22. The van der Waals surface area contributed by atoms with Crippen molar-refractivity contribution in [2.75, 3.05) is 6.61 Å². The number of carbonyl (C=O) groups excluding carboxylic acids is 1. The zero-order valence-corrected chi connectivity index (χ0v) is 29.0. The SMILES string of the molecule is CCCCCCCCCCCCC/C=C/[C@@H](O)[C@H](COP(=O)(O)O)NC(=O)CCCCCCCCCCCCCCC.N. The Kier molecular flexibility index (Phi) is 33.7. The maximum absolute atomic E-state index is 12.5. The maximum atomic E-state index is 12.5. The van der Waals surface area contributed by atoms with Gasteiger partial charge in [-0.15, -0.1) is 0 Å². The first-order chi connectivity index (χ1) is 20.3. The fourth-order valence-corrected chi connectivity index (χ4v) is 5.64. The quantitative estimate of drug-likeness (QED) is 0.0280. The number of phosphoric acid groups is 1. The van der Waals surface area contributed by atoms with Crippen molar-refractivity contribution in [2.45, 2.75) is 193 Å². The number of aliphatic hydroxyl groups is 1. The van der Waals surface area contributed by atoms with E-state index >= 15 is 0 Å². The molecule has 2 atom stereocenters. The summed E-state index contributed by atoms with van der Waals surface area (Å²) in [6.07, 6.45) is 33.6. The van der Waals surface area contributed by atoms with Crippen molar-refractivity contribution < 1.29 is 28.8 Å². The van der Waals surface area contributed by atoms with Crippen LogP contribution in [0.4, 0.5) is 0 Å². The molecule has 7 N–H and O–H groups in total. The molecule has 9 heteroatoms. The molecule has 0 heterocycles. The predicted molar refractivity (Wildman–Crippen MR) is 181 cm³/mol. The second-order valence-electron chi connectivity index (χ2n) is 12.2. The lowest BCUT2D eigenvalue weighted by molar-refractivity contribution is -0.123. The smallest absolute Gasteiger partial charge is 0.387 e. The summed E-state index contributed by atoms with van der Waals surface area (Å²) in [6, 6.07) is -0.902. The van der Waals surface area contributed by atoms with Crippen molar-refractivity contribution in [3.05, 3.63) is 12.2 Å². The summed E-state index contributed by atoms with van der Waals surface area (Å²) in [5.41, 5.74) is 0. The zero-order valence-electron chi connectivity index (χ0n) is 28.1. The third-order valence-corrected chi connectivity index (χ3v) is 8.48. The van der Waals surface area contributed by atoms with E-state index in [4.69, 9.17) is 9.79 Å². The molecule has 8 nitrogen and oxygen atoms in total. The Balaban J connectivity index is 0. The van der Waals surface area contributed by atoms with Gasteiger partial charge in [0, 0.05) is 6.42 Å². The molecular formula is C34H71N2O6P. The fourth-order valence-electron chi connectivity index (χ4n) is 5.28. The highest BCUT2D eigenvalue weighted by atomic mass is 31.2. The van der Waals surface area contributed by atoms with Crippen molar-refractivity contribution in [3.63, 3.8) is 0 Å². The summed E-state index contributed by atoms with van der Waals surface area (Å²) in [7, 11) is -4.70. The molecule has 43 heavy (non-hydrogen) atoms. The maximum Gasteiger partial charge on any atom is 0.469 e. The van der Waals surface area contributed by atoms with Gasteiger partial charge in [0.2, 0.25) is 5.91 Å². The monoisotopic (exact) mass is 635 g/mol. The van der Waals surface area contributed by atoms with E-state index in [2.05, 4.69) is 23.7 Å². The standard InChI is InChI=1S/C34H68NO6P.H3N/c1-3-5-7-9-11-13-15-17-19-21-23-25-27-29-33(36)32(31-41-42(38,39)40)35-34(37)30-28-26-24-22-20-18-16-14-12-10-8-6-4-2;/h27,29,32-33,36H,3-26,28,30-31H2,1-2H3,(H,35,37)(H2,38,39,40);1H3/b29-27+;/t32-,33+;/m0./s1. The minimum absolute atomic E-state index is 0. The van der Waals surface area contributed by atoms with E-state index in [1.807, 2.05) is 6.08 Å². The van der Waals surface area contributed by atoms with Gasteiger partial charge in [-0.25, -0.2) is 4.57 Å². The first kappa shape index (κ1) is 44.4. The number of hydrogen-bond donors (Lipinski definition) is 5. The fraction of sp³-hybridized carbons (Fsp3) is 0.912. The number of rotatable bonds is 32. The van der Waals surface area contributed by atoms with Crippen molar-refractivity contribution in [1.82, 2.24) is 11.5 Å². The lowest BCUT2D eigenvalue weighted by Crippen LogP contribution is -2.45. The number of hydrogen-bond acceptors (Lipinski definition) is 5. The van der Waals surface area contributed by atoms with Gasteiger partial charge in [0.05, 0.1) is 18.8 Å². The van der Waals surface area contributed by atoms with Crippen LogP contribution in [0.5, 0.6) is 0 Å². The van der Waals surface area contributed by atoms with Gasteiger partial charge in [0.15, 0.2) is 0 Å². The lowest BCUT2D eigenvalue weighted by atomic mass is 10.0. The van der Waals surface area contributed by atoms with Gasteiger partial charge in [-0.2, -0.15) is 0 Å². The topological polar surface area (TPSA) is 151 Å². The van der Waals surface area contributed by atoms with Crippen LogP contribution in [0.15, 0.2) is 12.2 Å². The van der Waals surface area contributed by atoms with E-state index < -0.39 is 26.6 Å². The Morgan fingerprint density at radius 3 is 1.44 bits per heavy atom. The van der Waals surface area contributed by atoms with Crippen LogP contribution < -0.4 is 11.5 Å². The first-order valence-corrected chi connectivity index (χ1v) is 19.2. The molecule has 0 aromatic carbocycles. The Morgan fingerprint density at radius 1 is 0.674 bits per heavy atom. The van der Waals surface area contributed by atoms with Crippen LogP contribution in [0.1, 0.15) is 181 Å². The van der Waals surface area contributed by atoms with Gasteiger partial charge in [-0.05, 0) is 19.3 Å². The zero-order chi connectivity index (χ0) is 31.2. The number of nitrogens with one attached hydrogen (secondary N) is 1. The third kappa shape index (κ3) is 34.0. The second-order valence-corrected chi connectivity index (χ2v) is 13.4.